The third-order valence-corrected chi connectivity index (χ3v) is 6.19. The average molecular weight is 484 g/mol. The number of hydrazine groups is 1. The lowest BCUT2D eigenvalue weighted by Crippen LogP contribution is -2.53. The highest BCUT2D eigenvalue weighted by Crippen LogP contribution is 2.26. The lowest BCUT2D eigenvalue weighted by atomic mass is 10.1. The number of hydrogen-bond acceptors (Lipinski definition) is 7. The number of hydrogen-bond donors (Lipinski definition) is 4. The first-order valence-electron chi connectivity index (χ1n) is 12.0. The lowest BCUT2D eigenvalue weighted by molar-refractivity contribution is 0.0581. The van der Waals surface area contributed by atoms with Crippen LogP contribution in [0.15, 0.2) is 66.9 Å². The molecule has 4 N–H and O–H groups in total. The number of pyridine rings is 1. The molecule has 184 valence electrons. The highest BCUT2D eigenvalue weighted by molar-refractivity contribution is 6.00. The van der Waals surface area contributed by atoms with Crippen LogP contribution in [0.2, 0.25) is 0 Å². The average Bonchev–Trinajstić information content (AvgIpc) is 3.32. The number of para-hydroxylation sites is 1. The van der Waals surface area contributed by atoms with Gasteiger partial charge < -0.3 is 10.4 Å². The van der Waals surface area contributed by atoms with Gasteiger partial charge in [-0.1, -0.05) is 18.2 Å². The number of aromatic amines is 1. The molecule has 1 fully saturated rings. The number of H-pyrrole nitrogens is 1. The van der Waals surface area contributed by atoms with Crippen molar-refractivity contribution in [2.75, 3.05) is 44.6 Å². The summed E-state index contributed by atoms with van der Waals surface area (Å²) in [7, 11) is 0. The number of anilines is 2. The zero-order valence-corrected chi connectivity index (χ0v) is 19.9. The van der Waals surface area contributed by atoms with E-state index in [1.165, 1.54) is 0 Å². The predicted molar refractivity (Wildman–Crippen MR) is 142 cm³/mol. The van der Waals surface area contributed by atoms with Crippen molar-refractivity contribution in [1.82, 2.24) is 30.5 Å². The minimum Gasteiger partial charge on any atom is -0.395 e. The summed E-state index contributed by atoms with van der Waals surface area (Å²) >= 11 is 0. The summed E-state index contributed by atoms with van der Waals surface area (Å²) in [5.74, 6) is -0.154. The molecule has 36 heavy (non-hydrogen) atoms. The number of carbonyl (C=O) groups is 1. The largest absolute Gasteiger partial charge is 0.395 e. The van der Waals surface area contributed by atoms with Crippen molar-refractivity contribution in [3.8, 4) is 0 Å². The van der Waals surface area contributed by atoms with Crippen molar-refractivity contribution in [3.63, 3.8) is 0 Å². The monoisotopic (exact) mass is 483 g/mol. The molecule has 9 heteroatoms. The fourth-order valence-corrected chi connectivity index (χ4v) is 4.26. The zero-order chi connectivity index (χ0) is 24.7. The number of benzene rings is 2. The maximum absolute atomic E-state index is 13.1. The van der Waals surface area contributed by atoms with Crippen molar-refractivity contribution >= 4 is 40.3 Å². The Bertz CT molecular complexity index is 1340. The highest BCUT2D eigenvalue weighted by Gasteiger charge is 2.20. The Morgan fingerprint density at radius 3 is 2.67 bits per heavy atom. The zero-order valence-electron chi connectivity index (χ0n) is 19.9. The third-order valence-electron chi connectivity index (χ3n) is 6.19. The molecule has 2 aromatic carbocycles. The van der Waals surface area contributed by atoms with E-state index in [2.05, 4.69) is 30.8 Å². The van der Waals surface area contributed by atoms with Crippen LogP contribution in [-0.2, 0) is 0 Å². The first-order chi connectivity index (χ1) is 17.7. The Morgan fingerprint density at radius 1 is 1.03 bits per heavy atom. The van der Waals surface area contributed by atoms with E-state index in [1.807, 2.05) is 77.8 Å². The summed E-state index contributed by atoms with van der Waals surface area (Å²) in [6.45, 7) is 3.87. The number of aliphatic hydroxyl groups excluding tert-OH is 1. The number of aromatic nitrogens is 3. The first kappa shape index (κ1) is 23.7. The Hall–Kier alpha value is -4.05. The summed E-state index contributed by atoms with van der Waals surface area (Å²) in [6, 6.07) is 19.2. The first-order valence-corrected chi connectivity index (χ1v) is 12.0. The molecular formula is C27H29N7O2. The summed E-state index contributed by atoms with van der Waals surface area (Å²) < 4.78 is 0. The molecule has 9 nitrogen and oxygen atoms in total. The molecular weight excluding hydrogens is 454 g/mol. The van der Waals surface area contributed by atoms with Crippen LogP contribution in [0.5, 0.6) is 0 Å². The summed E-state index contributed by atoms with van der Waals surface area (Å²) in [4.78, 5) is 19.6. The van der Waals surface area contributed by atoms with E-state index < -0.39 is 0 Å². The van der Waals surface area contributed by atoms with Gasteiger partial charge in [0, 0.05) is 50.0 Å². The Morgan fingerprint density at radius 2 is 1.86 bits per heavy atom. The number of fused-ring (bicyclic) bond motifs is 1. The van der Waals surface area contributed by atoms with Gasteiger partial charge in [-0.3, -0.25) is 25.2 Å². The Balaban J connectivity index is 1.27. The molecule has 4 aromatic rings. The molecule has 1 saturated heterocycles. The van der Waals surface area contributed by atoms with Crippen molar-refractivity contribution < 1.29 is 9.90 Å². The van der Waals surface area contributed by atoms with Crippen LogP contribution < -0.4 is 10.7 Å². The van der Waals surface area contributed by atoms with Crippen molar-refractivity contribution in [2.45, 2.75) is 0 Å². The third kappa shape index (κ3) is 5.60. The van der Waals surface area contributed by atoms with Gasteiger partial charge in [-0.15, -0.1) is 0 Å². The fraction of sp³-hybridized carbons (Fsp3) is 0.222. The Labute approximate surface area is 209 Å². The molecule has 5 rings (SSSR count). The topological polar surface area (TPSA) is 109 Å². The number of rotatable bonds is 8. The molecule has 3 heterocycles. The molecule has 0 bridgehead atoms. The maximum Gasteiger partial charge on any atom is 0.267 e. The second-order valence-electron chi connectivity index (χ2n) is 8.62. The smallest absolute Gasteiger partial charge is 0.267 e. The number of nitrogens with one attached hydrogen (secondary N) is 3. The molecule has 1 aliphatic heterocycles. The molecule has 0 atom stereocenters. The van der Waals surface area contributed by atoms with Crippen molar-refractivity contribution in [1.29, 1.82) is 0 Å². The van der Waals surface area contributed by atoms with E-state index in [0.29, 0.717) is 12.1 Å². The molecule has 0 radical (unpaired) electrons. The van der Waals surface area contributed by atoms with Gasteiger partial charge in [-0.25, -0.2) is 5.01 Å². The quantitative estimate of drug-likeness (QED) is 0.305. The number of piperazine rings is 1. The summed E-state index contributed by atoms with van der Waals surface area (Å²) in [6.07, 6.45) is 5.64. The number of amides is 1. The molecule has 0 saturated carbocycles. The molecule has 2 aromatic heterocycles. The van der Waals surface area contributed by atoms with E-state index in [-0.39, 0.29) is 12.5 Å². The highest BCUT2D eigenvalue weighted by atomic mass is 16.3. The minimum atomic E-state index is -0.154. The Kier molecular flexibility index (Phi) is 7.32. The second kappa shape index (κ2) is 11.1. The van der Waals surface area contributed by atoms with E-state index >= 15 is 0 Å². The van der Waals surface area contributed by atoms with E-state index in [4.69, 9.17) is 5.11 Å². The number of aliphatic hydroxyl groups is 1. The molecule has 0 unspecified atom stereocenters. The van der Waals surface area contributed by atoms with Crippen LogP contribution in [0.1, 0.15) is 21.7 Å². The minimum absolute atomic E-state index is 0.152. The normalized spacial score (nSPS) is 14.9. The van der Waals surface area contributed by atoms with E-state index in [9.17, 15) is 4.79 Å². The molecule has 1 aliphatic rings. The fourth-order valence-electron chi connectivity index (χ4n) is 4.26. The van der Waals surface area contributed by atoms with Gasteiger partial charge in [0.05, 0.1) is 34.8 Å². The van der Waals surface area contributed by atoms with Crippen molar-refractivity contribution in [2.24, 2.45) is 0 Å². The van der Waals surface area contributed by atoms with Crippen LogP contribution in [0, 0.1) is 0 Å². The molecule has 1 amide bonds. The summed E-state index contributed by atoms with van der Waals surface area (Å²) in [5.41, 5.74) is 7.76. The summed E-state index contributed by atoms with van der Waals surface area (Å²) in [5, 5.41) is 22.9. The van der Waals surface area contributed by atoms with Crippen molar-refractivity contribution in [3.05, 3.63) is 83.8 Å². The van der Waals surface area contributed by atoms with Gasteiger partial charge in [-0.05, 0) is 54.6 Å². The maximum atomic E-state index is 13.1. The van der Waals surface area contributed by atoms with Crippen LogP contribution in [0.4, 0.5) is 11.4 Å². The van der Waals surface area contributed by atoms with Crippen LogP contribution in [0.3, 0.4) is 0 Å². The van der Waals surface area contributed by atoms with Gasteiger partial charge in [0.1, 0.15) is 0 Å². The van der Waals surface area contributed by atoms with Gasteiger partial charge >= 0.3 is 0 Å². The van der Waals surface area contributed by atoms with Crippen LogP contribution in [-0.4, -0.2) is 75.4 Å². The van der Waals surface area contributed by atoms with Gasteiger partial charge in [0.25, 0.3) is 5.91 Å². The second-order valence-corrected chi connectivity index (χ2v) is 8.62. The predicted octanol–water partition coefficient (Wildman–Crippen LogP) is 3.13. The number of carbonyl (C=O) groups excluding carboxylic acids is 1. The standard InChI is InChI=1S/C27H29N7O2/c35-18-17-33-13-15-34(16-14-33)32-27(36)23-6-1-2-7-24(23)29-21-8-10-22-25(30-31-26(22)19-21)11-9-20-5-3-4-12-28-20/h1-12,19,29,35H,13-18H2,(H,30,31)(H,32,36)/b11-9+. The molecule has 0 spiro atoms. The lowest BCUT2D eigenvalue weighted by Gasteiger charge is -2.34. The van der Waals surface area contributed by atoms with E-state index in [1.54, 1.807) is 6.20 Å². The van der Waals surface area contributed by atoms with Crippen LogP contribution in [0.25, 0.3) is 23.1 Å². The SMILES string of the molecule is O=C(NN1CCN(CCO)CC1)c1ccccc1Nc1ccc2c(/C=C/c3ccccn3)n[nH]c2c1. The number of β-amino-alcohol motifs (C(OH)–C–C–N with tert-alkyl or cyclic N) is 1. The van der Waals surface area contributed by atoms with E-state index in [0.717, 1.165) is 59.8 Å². The van der Waals surface area contributed by atoms with Gasteiger partial charge in [0.2, 0.25) is 0 Å². The van der Waals surface area contributed by atoms with Crippen LogP contribution >= 0.6 is 0 Å². The van der Waals surface area contributed by atoms with Gasteiger partial charge in [0.15, 0.2) is 0 Å². The molecule has 0 aliphatic carbocycles. The van der Waals surface area contributed by atoms with Gasteiger partial charge in [-0.2, -0.15) is 5.10 Å². The number of nitrogens with zero attached hydrogens (tertiary/aromatic N) is 4.